The fraction of sp³-hybridized carbons (Fsp3) is 0.935. The van der Waals surface area contributed by atoms with E-state index in [4.69, 9.17) is 9.84 Å². The van der Waals surface area contributed by atoms with E-state index in [9.17, 15) is 9.59 Å². The number of imide groups is 1. The minimum atomic E-state index is -0.147. The van der Waals surface area contributed by atoms with Crippen LogP contribution in [0.5, 0.6) is 0 Å². The van der Waals surface area contributed by atoms with Crippen LogP contribution in [0.15, 0.2) is 0 Å². The third-order valence-corrected chi connectivity index (χ3v) is 9.43. The largest absolute Gasteiger partial charge is 0.396 e. The van der Waals surface area contributed by atoms with E-state index in [0.717, 1.165) is 51.7 Å². The summed E-state index contributed by atoms with van der Waals surface area (Å²) in [5.41, 5.74) is 0.853. The van der Waals surface area contributed by atoms with Gasteiger partial charge in [-0.3, -0.25) is 9.69 Å². The Morgan fingerprint density at radius 1 is 0.703 bits per heavy atom. The zero-order valence-electron chi connectivity index (χ0n) is 25.1. The van der Waals surface area contributed by atoms with Gasteiger partial charge in [-0.15, -0.1) is 0 Å². The van der Waals surface area contributed by atoms with Gasteiger partial charge >= 0.3 is 6.03 Å². The molecule has 1 aliphatic heterocycles. The Hall–Kier alpha value is -1.14. The first kappa shape index (κ1) is 33.9. The van der Waals surface area contributed by atoms with Gasteiger partial charge in [0.05, 0.1) is 0 Å². The molecule has 0 radical (unpaired) electrons. The first-order valence-electron chi connectivity index (χ1n) is 15.6. The van der Waals surface area contributed by atoms with Gasteiger partial charge in [0.15, 0.2) is 0 Å². The second kappa shape index (κ2) is 19.0. The summed E-state index contributed by atoms with van der Waals surface area (Å²) in [5, 5.41) is 9.02. The minimum Gasteiger partial charge on any atom is -0.396 e. The van der Waals surface area contributed by atoms with E-state index < -0.39 is 0 Å². The maximum atomic E-state index is 12.0. The smallest absolute Gasteiger partial charge is 0.326 e. The summed E-state index contributed by atoms with van der Waals surface area (Å²) < 4.78 is 5.99. The van der Waals surface area contributed by atoms with E-state index in [-0.39, 0.29) is 18.5 Å². The van der Waals surface area contributed by atoms with Crippen molar-refractivity contribution in [2.75, 3.05) is 40.0 Å². The summed E-state index contributed by atoms with van der Waals surface area (Å²) in [6.07, 6.45) is 19.9. The Morgan fingerprint density at radius 3 is 1.57 bits per heavy atom. The number of ether oxygens (including phenoxy) is 1. The molecule has 1 rings (SSSR count). The van der Waals surface area contributed by atoms with Crippen LogP contribution >= 0.6 is 0 Å². The molecule has 0 aromatic heterocycles. The molecule has 1 fully saturated rings. The van der Waals surface area contributed by atoms with Gasteiger partial charge < -0.3 is 14.7 Å². The maximum Gasteiger partial charge on any atom is 0.326 e. The predicted octanol–water partition coefficient (Wildman–Crippen LogP) is 7.57. The number of aliphatic hydroxyl groups excluding tert-OH is 1. The van der Waals surface area contributed by atoms with E-state index in [0.29, 0.717) is 24.0 Å². The third kappa shape index (κ3) is 12.1. The van der Waals surface area contributed by atoms with Gasteiger partial charge in [0.25, 0.3) is 0 Å². The molecule has 0 unspecified atom stereocenters. The summed E-state index contributed by atoms with van der Waals surface area (Å²) in [5.74, 6) is -0.0611. The molecule has 0 saturated carbocycles. The first-order chi connectivity index (χ1) is 17.8. The fourth-order valence-corrected chi connectivity index (χ4v) is 6.12. The molecule has 0 spiro atoms. The molecule has 0 aromatic carbocycles. The van der Waals surface area contributed by atoms with Gasteiger partial charge in [-0.1, -0.05) is 85.5 Å². The summed E-state index contributed by atoms with van der Waals surface area (Å²) >= 11 is 0. The maximum absolute atomic E-state index is 12.0. The van der Waals surface area contributed by atoms with Gasteiger partial charge in [-0.05, 0) is 62.2 Å². The zero-order chi connectivity index (χ0) is 27.6. The molecule has 1 N–H and O–H groups in total. The lowest BCUT2D eigenvalue weighted by atomic mass is 9.74. The van der Waals surface area contributed by atoms with Crippen LogP contribution in [0.2, 0.25) is 0 Å². The number of carbonyl (C=O) groups excluding carboxylic acids is 2. The molecule has 3 amide bonds. The van der Waals surface area contributed by atoms with Crippen molar-refractivity contribution in [3.05, 3.63) is 0 Å². The van der Waals surface area contributed by atoms with E-state index in [1.165, 1.54) is 80.4 Å². The van der Waals surface area contributed by atoms with Crippen molar-refractivity contribution in [3.63, 3.8) is 0 Å². The lowest BCUT2D eigenvalue weighted by Crippen LogP contribution is -2.32. The van der Waals surface area contributed by atoms with Crippen LogP contribution < -0.4 is 0 Å². The van der Waals surface area contributed by atoms with Crippen LogP contribution in [0.4, 0.5) is 4.79 Å². The average molecular weight is 525 g/mol. The SMILES string of the molecule is CCC(CC)(CCCCCO)CCCCOCCCCC(CC)(CC)CCCCN1C(=O)CN(C)C1=O. The Labute approximate surface area is 228 Å². The Balaban J connectivity index is 2.19. The molecule has 37 heavy (non-hydrogen) atoms. The number of rotatable bonds is 24. The Kier molecular flexibility index (Phi) is 17.4. The van der Waals surface area contributed by atoms with Crippen molar-refractivity contribution in [2.24, 2.45) is 10.8 Å². The normalized spacial score (nSPS) is 14.9. The Bertz CT molecular complexity index is 616. The summed E-state index contributed by atoms with van der Waals surface area (Å²) in [7, 11) is 1.69. The van der Waals surface area contributed by atoms with Crippen molar-refractivity contribution in [3.8, 4) is 0 Å². The molecule has 0 aromatic rings. The molecule has 1 heterocycles. The summed E-state index contributed by atoms with van der Waals surface area (Å²) in [4.78, 5) is 26.9. The second-order valence-electron chi connectivity index (χ2n) is 11.6. The predicted molar refractivity (Wildman–Crippen MR) is 154 cm³/mol. The molecule has 0 aliphatic carbocycles. The minimum absolute atomic E-state index is 0.0611. The number of aliphatic hydroxyl groups is 1. The van der Waals surface area contributed by atoms with Crippen LogP contribution in [0.25, 0.3) is 0 Å². The van der Waals surface area contributed by atoms with E-state index in [2.05, 4.69) is 27.7 Å². The van der Waals surface area contributed by atoms with Gasteiger partial charge in [-0.2, -0.15) is 0 Å². The zero-order valence-corrected chi connectivity index (χ0v) is 25.1. The van der Waals surface area contributed by atoms with Crippen LogP contribution in [0.3, 0.4) is 0 Å². The number of hydrogen-bond acceptors (Lipinski definition) is 4. The van der Waals surface area contributed by atoms with Crippen LogP contribution in [-0.2, 0) is 9.53 Å². The standard InChI is InChI=1S/C31H60N2O4/c1-6-30(7-2,19-11-10-16-24-34)21-13-17-25-37-26-18-14-22-31(8-3,9-4)20-12-15-23-33-28(35)27-32(5)29(33)36/h34H,6-27H2,1-5H3. The number of urea groups is 1. The highest BCUT2D eigenvalue weighted by atomic mass is 16.5. The second-order valence-corrected chi connectivity index (χ2v) is 11.6. The number of likely N-dealkylation sites (N-methyl/N-ethyl adjacent to an activating group) is 1. The number of unbranched alkanes of at least 4 members (excludes halogenated alkanes) is 5. The van der Waals surface area contributed by atoms with E-state index >= 15 is 0 Å². The van der Waals surface area contributed by atoms with Crippen molar-refractivity contribution >= 4 is 11.9 Å². The van der Waals surface area contributed by atoms with Crippen molar-refractivity contribution in [1.29, 1.82) is 0 Å². The van der Waals surface area contributed by atoms with Crippen LogP contribution in [0, 0.1) is 10.8 Å². The molecule has 0 bridgehead atoms. The highest BCUT2D eigenvalue weighted by Gasteiger charge is 2.33. The summed E-state index contributed by atoms with van der Waals surface area (Å²) in [6, 6.07) is -0.147. The highest BCUT2D eigenvalue weighted by molar-refractivity contribution is 6.01. The monoisotopic (exact) mass is 524 g/mol. The molecular weight excluding hydrogens is 464 g/mol. The van der Waals surface area contributed by atoms with Crippen LogP contribution in [-0.4, -0.2) is 66.8 Å². The Morgan fingerprint density at radius 2 is 1.16 bits per heavy atom. The average Bonchev–Trinajstić information content (AvgIpc) is 3.16. The van der Waals surface area contributed by atoms with Crippen molar-refractivity contribution in [1.82, 2.24) is 9.80 Å². The van der Waals surface area contributed by atoms with Gasteiger partial charge in [0.2, 0.25) is 5.91 Å². The number of nitrogens with zero attached hydrogens (tertiary/aromatic N) is 2. The lowest BCUT2D eigenvalue weighted by Gasteiger charge is -2.32. The van der Waals surface area contributed by atoms with Gasteiger partial charge in [-0.25, -0.2) is 4.79 Å². The number of amides is 3. The molecule has 1 aliphatic rings. The molecule has 6 heteroatoms. The van der Waals surface area contributed by atoms with E-state index in [1.54, 1.807) is 7.05 Å². The molecule has 0 atom stereocenters. The molecule has 6 nitrogen and oxygen atoms in total. The van der Waals surface area contributed by atoms with Crippen molar-refractivity contribution < 1.29 is 19.4 Å². The summed E-state index contributed by atoms with van der Waals surface area (Å²) in [6.45, 7) is 12.1. The third-order valence-electron chi connectivity index (χ3n) is 9.43. The number of hydrogen-bond donors (Lipinski definition) is 1. The highest BCUT2D eigenvalue weighted by Crippen LogP contribution is 2.39. The quantitative estimate of drug-likeness (QED) is 0.104. The molecule has 1 saturated heterocycles. The topological polar surface area (TPSA) is 70.1 Å². The molecule has 218 valence electrons. The number of carbonyl (C=O) groups is 2. The van der Waals surface area contributed by atoms with Gasteiger partial charge in [0.1, 0.15) is 6.54 Å². The van der Waals surface area contributed by atoms with Crippen molar-refractivity contribution in [2.45, 2.75) is 137 Å². The fourth-order valence-electron chi connectivity index (χ4n) is 6.12. The molecular formula is C31H60N2O4. The first-order valence-corrected chi connectivity index (χ1v) is 15.6. The van der Waals surface area contributed by atoms with Crippen LogP contribution in [0.1, 0.15) is 137 Å². The van der Waals surface area contributed by atoms with E-state index in [1.807, 2.05) is 0 Å². The van der Waals surface area contributed by atoms with Gasteiger partial charge in [0, 0.05) is 33.4 Å². The lowest BCUT2D eigenvalue weighted by molar-refractivity contribution is -0.125.